The molecule has 0 bridgehead atoms. The molecule has 0 unspecified atom stereocenters. The first-order valence-corrected chi connectivity index (χ1v) is 13.6. The van der Waals surface area contributed by atoms with Gasteiger partial charge in [-0.2, -0.15) is 0 Å². The summed E-state index contributed by atoms with van der Waals surface area (Å²) in [5, 5.41) is 12.3. The lowest BCUT2D eigenvalue weighted by atomic mass is 10.0. The lowest BCUT2D eigenvalue weighted by Gasteiger charge is -2.15. The Bertz CT molecular complexity index is 1200. The lowest BCUT2D eigenvalue weighted by molar-refractivity contribution is -0.113. The minimum Gasteiger partial charge on any atom is -0.497 e. The summed E-state index contributed by atoms with van der Waals surface area (Å²) < 4.78 is 14.4. The minimum atomic E-state index is -0.123. The number of methoxy groups -OCH3 is 1. The van der Waals surface area contributed by atoms with Gasteiger partial charge in [0.2, 0.25) is 5.91 Å². The SMILES string of the molecule is C=CCn1c(CCCOc2cc(C(C)C)c(Br)cc2C)nnc1SCC(=O)Nc1cccc(OC)c1. The van der Waals surface area contributed by atoms with Crippen LogP contribution in [0.4, 0.5) is 5.69 Å². The van der Waals surface area contributed by atoms with E-state index in [1.54, 1.807) is 13.2 Å². The molecule has 3 aromatic rings. The second-order valence-corrected chi connectivity index (χ2v) is 10.4. The number of aryl methyl sites for hydroxylation is 2. The Kier molecular flexibility index (Phi) is 10.4. The van der Waals surface area contributed by atoms with Gasteiger partial charge in [-0.3, -0.25) is 4.79 Å². The molecule has 1 N–H and O–H groups in total. The van der Waals surface area contributed by atoms with Crippen molar-refractivity contribution in [1.82, 2.24) is 14.8 Å². The molecule has 1 aromatic heterocycles. The van der Waals surface area contributed by atoms with E-state index < -0.39 is 0 Å². The number of carbonyl (C=O) groups excluding carboxylic acids is 1. The van der Waals surface area contributed by atoms with Gasteiger partial charge in [-0.05, 0) is 54.7 Å². The van der Waals surface area contributed by atoms with Gasteiger partial charge < -0.3 is 19.4 Å². The highest BCUT2D eigenvalue weighted by Crippen LogP contribution is 2.32. The summed E-state index contributed by atoms with van der Waals surface area (Å²) >= 11 is 5.00. The maximum atomic E-state index is 12.5. The standard InChI is InChI=1S/C27H33BrN4O3S/c1-6-12-32-25(11-8-13-35-24-16-22(18(2)3)23(28)14-19(24)4)30-31-27(32)36-17-26(33)29-20-9-7-10-21(15-20)34-5/h6-7,9-10,14-16,18H,1,8,11-13,17H2,2-5H3,(H,29,33). The fraction of sp³-hybridized carbons (Fsp3) is 0.370. The maximum absolute atomic E-state index is 12.5. The number of amides is 1. The number of carbonyl (C=O) groups is 1. The Balaban J connectivity index is 1.55. The quantitative estimate of drug-likeness (QED) is 0.145. The predicted octanol–water partition coefficient (Wildman–Crippen LogP) is 6.41. The summed E-state index contributed by atoms with van der Waals surface area (Å²) in [5.41, 5.74) is 3.03. The molecule has 3 rings (SSSR count). The van der Waals surface area contributed by atoms with Gasteiger partial charge >= 0.3 is 0 Å². The molecule has 0 spiro atoms. The fourth-order valence-electron chi connectivity index (χ4n) is 3.63. The van der Waals surface area contributed by atoms with Crippen molar-refractivity contribution in [2.75, 3.05) is 24.8 Å². The number of rotatable bonds is 13. The largest absolute Gasteiger partial charge is 0.497 e. The van der Waals surface area contributed by atoms with Crippen LogP contribution in [0.15, 0.2) is 58.7 Å². The molecule has 0 atom stereocenters. The third kappa shape index (κ3) is 7.61. The number of halogens is 1. The topological polar surface area (TPSA) is 78.3 Å². The van der Waals surface area contributed by atoms with Gasteiger partial charge in [0.25, 0.3) is 0 Å². The van der Waals surface area contributed by atoms with Gasteiger partial charge in [0.15, 0.2) is 5.16 Å². The highest BCUT2D eigenvalue weighted by molar-refractivity contribution is 9.10. The molecular formula is C27H33BrN4O3S. The summed E-state index contributed by atoms with van der Waals surface area (Å²) in [6.07, 6.45) is 3.31. The molecule has 9 heteroatoms. The number of hydrogen-bond donors (Lipinski definition) is 1. The van der Waals surface area contributed by atoms with Gasteiger partial charge in [0.1, 0.15) is 17.3 Å². The van der Waals surface area contributed by atoms with Crippen LogP contribution < -0.4 is 14.8 Å². The monoisotopic (exact) mass is 572 g/mol. The van der Waals surface area contributed by atoms with Crippen molar-refractivity contribution < 1.29 is 14.3 Å². The van der Waals surface area contributed by atoms with E-state index in [0.717, 1.165) is 28.0 Å². The van der Waals surface area contributed by atoms with Crippen LogP contribution in [0.3, 0.4) is 0 Å². The first kappa shape index (κ1) is 27.8. The van der Waals surface area contributed by atoms with Crippen LogP contribution in [0.2, 0.25) is 0 Å². The summed E-state index contributed by atoms with van der Waals surface area (Å²) in [6, 6.07) is 11.5. The van der Waals surface area contributed by atoms with E-state index in [4.69, 9.17) is 9.47 Å². The van der Waals surface area contributed by atoms with Crippen molar-refractivity contribution in [3.63, 3.8) is 0 Å². The van der Waals surface area contributed by atoms with Crippen LogP contribution in [0, 0.1) is 6.92 Å². The van der Waals surface area contributed by atoms with Gasteiger partial charge in [0.05, 0.1) is 19.5 Å². The Hall–Kier alpha value is -2.78. The molecule has 0 aliphatic heterocycles. The van der Waals surface area contributed by atoms with Crippen molar-refractivity contribution in [2.24, 2.45) is 0 Å². The number of aromatic nitrogens is 3. The zero-order valence-electron chi connectivity index (χ0n) is 21.2. The molecule has 0 radical (unpaired) electrons. The van der Waals surface area contributed by atoms with Crippen LogP contribution in [-0.2, 0) is 17.8 Å². The van der Waals surface area contributed by atoms with E-state index in [9.17, 15) is 4.79 Å². The first-order valence-electron chi connectivity index (χ1n) is 11.8. The van der Waals surface area contributed by atoms with E-state index in [1.807, 2.05) is 28.8 Å². The summed E-state index contributed by atoms with van der Waals surface area (Å²) in [6.45, 7) is 11.4. The number of ether oxygens (including phenoxy) is 2. The second kappa shape index (κ2) is 13.5. The molecular weight excluding hydrogens is 540 g/mol. The Labute approximate surface area is 225 Å². The van der Waals surface area contributed by atoms with Gasteiger partial charge in [-0.1, -0.05) is 53.7 Å². The third-order valence-electron chi connectivity index (χ3n) is 5.51. The third-order valence-corrected chi connectivity index (χ3v) is 7.16. The average molecular weight is 574 g/mol. The van der Waals surface area contributed by atoms with Crippen molar-refractivity contribution in [3.8, 4) is 11.5 Å². The predicted molar refractivity (Wildman–Crippen MR) is 149 cm³/mol. The molecule has 0 saturated heterocycles. The van der Waals surface area contributed by atoms with Crippen LogP contribution in [0.1, 0.15) is 43.1 Å². The number of nitrogens with one attached hydrogen (secondary N) is 1. The zero-order valence-corrected chi connectivity index (χ0v) is 23.6. The van der Waals surface area contributed by atoms with Gasteiger partial charge in [0, 0.05) is 29.2 Å². The van der Waals surface area contributed by atoms with Crippen molar-refractivity contribution >= 4 is 39.3 Å². The molecule has 192 valence electrons. The second-order valence-electron chi connectivity index (χ2n) is 8.61. The van der Waals surface area contributed by atoms with E-state index in [0.29, 0.717) is 42.1 Å². The molecule has 1 heterocycles. The van der Waals surface area contributed by atoms with E-state index in [2.05, 4.69) is 70.9 Å². The molecule has 0 aliphatic rings. The van der Waals surface area contributed by atoms with E-state index in [-0.39, 0.29) is 11.7 Å². The van der Waals surface area contributed by atoms with Crippen LogP contribution in [-0.4, -0.2) is 40.1 Å². The van der Waals surface area contributed by atoms with Crippen LogP contribution in [0.5, 0.6) is 11.5 Å². The number of allylic oxidation sites excluding steroid dienone is 1. The van der Waals surface area contributed by atoms with Gasteiger partial charge in [-0.15, -0.1) is 16.8 Å². The average Bonchev–Trinajstić information content (AvgIpc) is 3.23. The zero-order chi connectivity index (χ0) is 26.1. The smallest absolute Gasteiger partial charge is 0.234 e. The van der Waals surface area contributed by atoms with E-state index >= 15 is 0 Å². The molecule has 7 nitrogen and oxygen atoms in total. The molecule has 0 fully saturated rings. The minimum absolute atomic E-state index is 0.123. The molecule has 2 aromatic carbocycles. The summed E-state index contributed by atoms with van der Waals surface area (Å²) in [4.78, 5) is 12.5. The molecule has 0 aliphatic carbocycles. The van der Waals surface area contributed by atoms with Crippen LogP contribution >= 0.6 is 27.7 Å². The lowest BCUT2D eigenvalue weighted by Crippen LogP contribution is -2.15. The van der Waals surface area contributed by atoms with Crippen molar-refractivity contribution in [1.29, 1.82) is 0 Å². The highest BCUT2D eigenvalue weighted by atomic mass is 79.9. The van der Waals surface area contributed by atoms with Crippen molar-refractivity contribution in [2.45, 2.75) is 51.2 Å². The number of thioether (sulfide) groups is 1. The maximum Gasteiger partial charge on any atom is 0.234 e. The molecule has 36 heavy (non-hydrogen) atoms. The Morgan fingerprint density at radius 1 is 1.28 bits per heavy atom. The summed E-state index contributed by atoms with van der Waals surface area (Å²) in [5.74, 6) is 2.96. The molecule has 1 amide bonds. The first-order chi connectivity index (χ1) is 17.3. The van der Waals surface area contributed by atoms with E-state index in [1.165, 1.54) is 17.3 Å². The van der Waals surface area contributed by atoms with Crippen molar-refractivity contribution in [3.05, 3.63) is 70.5 Å². The number of anilines is 1. The number of nitrogens with zero attached hydrogens (tertiary/aromatic N) is 3. The summed E-state index contributed by atoms with van der Waals surface area (Å²) in [7, 11) is 1.59. The highest BCUT2D eigenvalue weighted by Gasteiger charge is 2.14. The number of hydrogen-bond acceptors (Lipinski definition) is 6. The van der Waals surface area contributed by atoms with Crippen LogP contribution in [0.25, 0.3) is 0 Å². The number of benzene rings is 2. The van der Waals surface area contributed by atoms with Gasteiger partial charge in [-0.25, -0.2) is 0 Å². The Morgan fingerprint density at radius 2 is 2.08 bits per heavy atom. The Morgan fingerprint density at radius 3 is 2.81 bits per heavy atom. The fourth-order valence-corrected chi connectivity index (χ4v) is 5.31. The normalized spacial score (nSPS) is 10.9. The molecule has 0 saturated carbocycles.